The van der Waals surface area contributed by atoms with Gasteiger partial charge in [0.15, 0.2) is 0 Å². The largest absolute Gasteiger partial charge is 0.365 e. The number of hydrogen-bond donors (Lipinski definition) is 1. The van der Waals surface area contributed by atoms with Crippen LogP contribution in [0.25, 0.3) is 0 Å². The average Bonchev–Trinajstić information content (AvgIpc) is 2.41. The fourth-order valence-corrected chi connectivity index (χ4v) is 2.30. The number of aryl methyl sites for hydroxylation is 1. The van der Waals surface area contributed by atoms with Crippen LogP contribution in [0.15, 0.2) is 46.9 Å². The molecule has 0 aliphatic rings. The molecule has 2 nitrogen and oxygen atoms in total. The molecule has 1 unspecified atom stereocenters. The zero-order chi connectivity index (χ0) is 13.8. The number of halogens is 2. The van der Waals surface area contributed by atoms with Gasteiger partial charge in [-0.05, 0) is 36.2 Å². The fourth-order valence-electron chi connectivity index (χ4n) is 1.71. The third-order valence-corrected chi connectivity index (χ3v) is 4.02. The van der Waals surface area contributed by atoms with Crippen LogP contribution < -0.4 is 5.32 Å². The van der Waals surface area contributed by atoms with Crippen LogP contribution in [0.3, 0.4) is 0 Å². The second-order valence-electron chi connectivity index (χ2n) is 4.19. The van der Waals surface area contributed by atoms with Crippen molar-refractivity contribution in [3.63, 3.8) is 0 Å². The zero-order valence-corrected chi connectivity index (χ0v) is 12.7. The molecule has 0 spiro atoms. The molecule has 0 saturated heterocycles. The molecule has 0 radical (unpaired) electrons. The number of nitriles is 1. The van der Waals surface area contributed by atoms with Gasteiger partial charge in [0.2, 0.25) is 0 Å². The highest BCUT2D eigenvalue weighted by Crippen LogP contribution is 2.27. The molecule has 0 aromatic heterocycles. The van der Waals surface area contributed by atoms with Crippen LogP contribution in [0.5, 0.6) is 0 Å². The first-order valence-corrected chi connectivity index (χ1v) is 6.95. The predicted molar refractivity (Wildman–Crippen MR) is 82.3 cm³/mol. The summed E-state index contributed by atoms with van der Waals surface area (Å²) in [5.41, 5.74) is 2.80. The maximum atomic E-state index is 9.32. The summed E-state index contributed by atoms with van der Waals surface area (Å²) in [6.45, 7) is 2.01. The Hall–Kier alpha value is -1.50. The van der Waals surface area contributed by atoms with E-state index in [1.165, 1.54) is 0 Å². The Kier molecular flexibility index (Phi) is 4.47. The molecule has 0 bridgehead atoms. The second kappa shape index (κ2) is 6.10. The van der Waals surface area contributed by atoms with Crippen LogP contribution in [0.4, 0.5) is 5.69 Å². The summed E-state index contributed by atoms with van der Waals surface area (Å²) >= 11 is 9.57. The quantitative estimate of drug-likeness (QED) is 0.848. The van der Waals surface area contributed by atoms with Crippen molar-refractivity contribution in [1.29, 1.82) is 5.26 Å². The molecular formula is C15H12BrClN2. The maximum Gasteiger partial charge on any atom is 0.140 e. The van der Waals surface area contributed by atoms with Crippen molar-refractivity contribution in [3.8, 4) is 6.07 Å². The molecule has 96 valence electrons. The monoisotopic (exact) mass is 334 g/mol. The number of rotatable bonds is 3. The van der Waals surface area contributed by atoms with E-state index < -0.39 is 6.04 Å². The van der Waals surface area contributed by atoms with Crippen molar-refractivity contribution in [1.82, 2.24) is 0 Å². The summed E-state index contributed by atoms with van der Waals surface area (Å²) in [6.07, 6.45) is 0. The van der Waals surface area contributed by atoms with Gasteiger partial charge in [0.1, 0.15) is 6.04 Å². The van der Waals surface area contributed by atoms with Crippen LogP contribution in [-0.2, 0) is 0 Å². The average molecular weight is 336 g/mol. The van der Waals surface area contributed by atoms with E-state index in [4.69, 9.17) is 11.6 Å². The third kappa shape index (κ3) is 3.28. The van der Waals surface area contributed by atoms with Gasteiger partial charge in [0.05, 0.1) is 16.8 Å². The second-order valence-corrected chi connectivity index (χ2v) is 5.46. The van der Waals surface area contributed by atoms with Crippen molar-refractivity contribution in [2.75, 3.05) is 5.32 Å². The Morgan fingerprint density at radius 3 is 2.63 bits per heavy atom. The molecule has 2 aromatic carbocycles. The molecule has 0 aliphatic heterocycles. The molecule has 0 saturated carbocycles. The van der Waals surface area contributed by atoms with Crippen LogP contribution in [-0.4, -0.2) is 0 Å². The minimum absolute atomic E-state index is 0.434. The van der Waals surface area contributed by atoms with Gasteiger partial charge in [-0.25, -0.2) is 0 Å². The summed E-state index contributed by atoms with van der Waals surface area (Å²) in [5.74, 6) is 0. The van der Waals surface area contributed by atoms with Crippen molar-refractivity contribution in [2.45, 2.75) is 13.0 Å². The highest BCUT2D eigenvalue weighted by molar-refractivity contribution is 9.10. The van der Waals surface area contributed by atoms with Gasteiger partial charge in [0.25, 0.3) is 0 Å². The van der Waals surface area contributed by atoms with E-state index in [1.807, 2.05) is 43.3 Å². The van der Waals surface area contributed by atoms with Crippen LogP contribution >= 0.6 is 27.5 Å². The minimum Gasteiger partial charge on any atom is -0.365 e. The highest BCUT2D eigenvalue weighted by atomic mass is 79.9. The van der Waals surface area contributed by atoms with Gasteiger partial charge >= 0.3 is 0 Å². The molecule has 19 heavy (non-hydrogen) atoms. The lowest BCUT2D eigenvalue weighted by Crippen LogP contribution is -2.08. The van der Waals surface area contributed by atoms with Gasteiger partial charge in [0, 0.05) is 4.47 Å². The number of para-hydroxylation sites is 1. The summed E-state index contributed by atoms with van der Waals surface area (Å²) in [4.78, 5) is 0. The predicted octanol–water partition coefficient (Wildman–Crippen LogP) is 5.09. The van der Waals surface area contributed by atoms with Gasteiger partial charge in [-0.3, -0.25) is 0 Å². The van der Waals surface area contributed by atoms with Gasteiger partial charge in [-0.15, -0.1) is 0 Å². The number of nitrogens with zero attached hydrogens (tertiary/aromatic N) is 1. The lowest BCUT2D eigenvalue weighted by Gasteiger charge is -2.15. The zero-order valence-electron chi connectivity index (χ0n) is 10.3. The van der Waals surface area contributed by atoms with E-state index in [2.05, 4.69) is 27.3 Å². The molecule has 2 rings (SSSR count). The van der Waals surface area contributed by atoms with Crippen molar-refractivity contribution >= 4 is 33.2 Å². The first-order chi connectivity index (χ1) is 9.11. The topological polar surface area (TPSA) is 35.8 Å². The smallest absolute Gasteiger partial charge is 0.140 e. The van der Waals surface area contributed by atoms with E-state index in [0.717, 1.165) is 21.3 Å². The summed E-state index contributed by atoms with van der Waals surface area (Å²) in [7, 11) is 0. The molecule has 2 aromatic rings. The Balaban J connectivity index is 2.28. The molecular weight excluding hydrogens is 324 g/mol. The SMILES string of the molecule is Cc1ccc(C(C#N)Nc2ccccc2Cl)cc1Br. The number of benzene rings is 2. The van der Waals surface area contributed by atoms with E-state index >= 15 is 0 Å². The van der Waals surface area contributed by atoms with E-state index in [-0.39, 0.29) is 0 Å². The maximum absolute atomic E-state index is 9.32. The van der Waals surface area contributed by atoms with Gasteiger partial charge in [-0.2, -0.15) is 5.26 Å². The third-order valence-electron chi connectivity index (χ3n) is 2.83. The molecule has 1 atom stereocenters. The van der Waals surface area contributed by atoms with E-state index in [0.29, 0.717) is 5.02 Å². The summed E-state index contributed by atoms with van der Waals surface area (Å²) < 4.78 is 0.992. The number of anilines is 1. The van der Waals surface area contributed by atoms with E-state index in [1.54, 1.807) is 6.07 Å². The Labute approximate surface area is 126 Å². The molecule has 0 fully saturated rings. The summed E-state index contributed by atoms with van der Waals surface area (Å²) in [5, 5.41) is 13.1. The lowest BCUT2D eigenvalue weighted by molar-refractivity contribution is 0.994. The van der Waals surface area contributed by atoms with Crippen molar-refractivity contribution in [3.05, 3.63) is 63.1 Å². The Morgan fingerprint density at radius 1 is 1.26 bits per heavy atom. The first kappa shape index (κ1) is 13.9. The molecule has 4 heteroatoms. The Morgan fingerprint density at radius 2 is 2.00 bits per heavy atom. The van der Waals surface area contributed by atoms with Gasteiger partial charge in [-0.1, -0.05) is 51.8 Å². The minimum atomic E-state index is -0.434. The van der Waals surface area contributed by atoms with Crippen molar-refractivity contribution < 1.29 is 0 Å². The van der Waals surface area contributed by atoms with Crippen LogP contribution in [0.1, 0.15) is 17.2 Å². The van der Waals surface area contributed by atoms with Crippen LogP contribution in [0, 0.1) is 18.3 Å². The Bertz CT molecular complexity index is 634. The number of nitrogens with one attached hydrogen (secondary N) is 1. The van der Waals surface area contributed by atoms with Gasteiger partial charge < -0.3 is 5.32 Å². The normalized spacial score (nSPS) is 11.7. The first-order valence-electron chi connectivity index (χ1n) is 5.78. The molecule has 0 amide bonds. The number of hydrogen-bond acceptors (Lipinski definition) is 2. The lowest BCUT2D eigenvalue weighted by atomic mass is 10.1. The van der Waals surface area contributed by atoms with Crippen molar-refractivity contribution in [2.24, 2.45) is 0 Å². The fraction of sp³-hybridized carbons (Fsp3) is 0.133. The standard InChI is InChI=1S/C15H12BrClN2/c1-10-6-7-11(8-12(10)16)15(9-18)19-14-5-3-2-4-13(14)17/h2-8,15,19H,1H3. The molecule has 0 heterocycles. The van der Waals surface area contributed by atoms with E-state index in [9.17, 15) is 5.26 Å². The molecule has 0 aliphatic carbocycles. The highest BCUT2D eigenvalue weighted by Gasteiger charge is 2.12. The van der Waals surface area contributed by atoms with Crippen LogP contribution in [0.2, 0.25) is 5.02 Å². The molecule has 1 N–H and O–H groups in total. The summed E-state index contributed by atoms with van der Waals surface area (Å²) in [6, 6.07) is 15.1.